The lowest BCUT2D eigenvalue weighted by atomic mass is 10.0. The summed E-state index contributed by atoms with van der Waals surface area (Å²) in [5.41, 5.74) is -1.70. The molecule has 3 aromatic rings. The molecule has 3 rings (SSSR count). The minimum atomic E-state index is -1.84. The molecule has 2 atom stereocenters. The molecule has 0 fully saturated rings. The second-order valence-corrected chi connectivity index (χ2v) is 7.31. The molecule has 0 heterocycles. The van der Waals surface area contributed by atoms with Crippen LogP contribution in [0.4, 0.5) is 13.2 Å². The Labute approximate surface area is 204 Å². The lowest BCUT2D eigenvalue weighted by Crippen LogP contribution is -2.24. The zero-order valence-corrected chi connectivity index (χ0v) is 19.3. The average Bonchev–Trinajstić information content (AvgIpc) is 2.88. The molecular formula is C26H19F3N2O5. The SMILES string of the molecule is COC(C)OC(C)OC(=O)c1cccc(-c2ccccc2)c1Oc1c(F)c(F)c(C#N)c(C#N)c1F. The Morgan fingerprint density at radius 2 is 1.47 bits per heavy atom. The van der Waals surface area contributed by atoms with Crippen LogP contribution in [0.25, 0.3) is 11.1 Å². The van der Waals surface area contributed by atoms with E-state index in [0.717, 1.165) is 0 Å². The van der Waals surface area contributed by atoms with Gasteiger partial charge in [-0.25, -0.2) is 13.6 Å². The molecule has 0 saturated carbocycles. The fourth-order valence-corrected chi connectivity index (χ4v) is 3.26. The number of esters is 1. The number of nitrogens with zero attached hydrogens (tertiary/aromatic N) is 2. The van der Waals surface area contributed by atoms with Crippen molar-refractivity contribution in [3.05, 3.63) is 82.7 Å². The molecule has 0 aliphatic carbocycles. The first-order valence-corrected chi connectivity index (χ1v) is 10.5. The molecule has 2 unspecified atom stereocenters. The third kappa shape index (κ3) is 5.31. The minimum absolute atomic E-state index is 0.214. The number of carbonyl (C=O) groups excluding carboxylic acids is 1. The Balaban J connectivity index is 2.18. The molecule has 0 aromatic heterocycles. The predicted octanol–water partition coefficient (Wildman–Crippen LogP) is 5.82. The van der Waals surface area contributed by atoms with Crippen molar-refractivity contribution in [2.24, 2.45) is 0 Å². The van der Waals surface area contributed by atoms with Crippen LogP contribution in [-0.2, 0) is 14.2 Å². The van der Waals surface area contributed by atoms with E-state index < -0.39 is 52.9 Å². The van der Waals surface area contributed by atoms with E-state index in [1.165, 1.54) is 44.4 Å². The summed E-state index contributed by atoms with van der Waals surface area (Å²) in [4.78, 5) is 13.0. The molecule has 184 valence electrons. The van der Waals surface area contributed by atoms with Gasteiger partial charge in [0.2, 0.25) is 17.9 Å². The van der Waals surface area contributed by atoms with Gasteiger partial charge in [0.15, 0.2) is 17.9 Å². The van der Waals surface area contributed by atoms with E-state index in [9.17, 15) is 18.8 Å². The summed E-state index contributed by atoms with van der Waals surface area (Å²) in [6.45, 7) is 3.01. The molecule has 3 aromatic carbocycles. The van der Waals surface area contributed by atoms with Crippen LogP contribution in [0.3, 0.4) is 0 Å². The summed E-state index contributed by atoms with van der Waals surface area (Å²) in [5, 5.41) is 18.3. The van der Waals surface area contributed by atoms with Gasteiger partial charge in [-0.05, 0) is 25.5 Å². The highest BCUT2D eigenvalue weighted by Gasteiger charge is 2.30. The Morgan fingerprint density at radius 1 is 0.833 bits per heavy atom. The summed E-state index contributed by atoms with van der Waals surface area (Å²) in [6, 6.07) is 15.3. The Kier molecular flexibility index (Phi) is 8.28. The summed E-state index contributed by atoms with van der Waals surface area (Å²) in [7, 11) is 1.39. The van der Waals surface area contributed by atoms with Crippen molar-refractivity contribution in [1.82, 2.24) is 0 Å². The van der Waals surface area contributed by atoms with Gasteiger partial charge in [0.1, 0.15) is 34.6 Å². The topological polar surface area (TPSA) is 102 Å². The maximum Gasteiger partial charge on any atom is 0.344 e. The monoisotopic (exact) mass is 496 g/mol. The first-order chi connectivity index (χ1) is 17.2. The first-order valence-electron chi connectivity index (χ1n) is 10.5. The number of methoxy groups -OCH3 is 1. The van der Waals surface area contributed by atoms with Gasteiger partial charge >= 0.3 is 5.97 Å². The highest BCUT2D eigenvalue weighted by atomic mass is 19.2. The molecule has 0 spiro atoms. The average molecular weight is 496 g/mol. The fourth-order valence-electron chi connectivity index (χ4n) is 3.26. The second-order valence-electron chi connectivity index (χ2n) is 7.31. The Hall–Kier alpha value is -4.38. The standard InChI is InChI=1S/C26H19F3N2O5/c1-14(33-3)34-15(2)35-26(32)18-11-7-10-17(16-8-5-4-6-9-16)24(18)36-25-22(28)20(13-31)19(12-30)21(27)23(25)29/h4-11,14-15H,1-3H3. The fraction of sp³-hybridized carbons (Fsp3) is 0.192. The largest absolute Gasteiger partial charge is 0.449 e. The minimum Gasteiger partial charge on any atom is -0.449 e. The predicted molar refractivity (Wildman–Crippen MR) is 120 cm³/mol. The van der Waals surface area contributed by atoms with Crippen molar-refractivity contribution in [2.75, 3.05) is 7.11 Å². The molecule has 0 bridgehead atoms. The van der Waals surface area contributed by atoms with E-state index in [-0.39, 0.29) is 16.9 Å². The zero-order chi connectivity index (χ0) is 26.4. The van der Waals surface area contributed by atoms with Gasteiger partial charge in [0.05, 0.1) is 0 Å². The van der Waals surface area contributed by atoms with Gasteiger partial charge < -0.3 is 18.9 Å². The first kappa shape index (κ1) is 26.2. The van der Waals surface area contributed by atoms with Gasteiger partial charge in [0.25, 0.3) is 0 Å². The molecule has 36 heavy (non-hydrogen) atoms. The third-order valence-corrected chi connectivity index (χ3v) is 5.02. The van der Waals surface area contributed by atoms with Gasteiger partial charge in [-0.15, -0.1) is 0 Å². The van der Waals surface area contributed by atoms with Crippen molar-refractivity contribution < 1.29 is 36.9 Å². The van der Waals surface area contributed by atoms with Crippen molar-refractivity contribution in [3.8, 4) is 34.8 Å². The van der Waals surface area contributed by atoms with Gasteiger partial charge in [-0.3, -0.25) is 0 Å². The van der Waals surface area contributed by atoms with E-state index >= 15 is 4.39 Å². The molecular weight excluding hydrogens is 477 g/mol. The molecule has 0 radical (unpaired) electrons. The number of halogens is 3. The van der Waals surface area contributed by atoms with Crippen molar-refractivity contribution in [3.63, 3.8) is 0 Å². The van der Waals surface area contributed by atoms with Crippen LogP contribution in [0.2, 0.25) is 0 Å². The number of carbonyl (C=O) groups is 1. The number of para-hydroxylation sites is 1. The van der Waals surface area contributed by atoms with E-state index in [4.69, 9.17) is 24.2 Å². The maximum atomic E-state index is 15.1. The molecule has 0 N–H and O–H groups in total. The van der Waals surface area contributed by atoms with Crippen molar-refractivity contribution >= 4 is 5.97 Å². The summed E-state index contributed by atoms with van der Waals surface area (Å²) >= 11 is 0. The van der Waals surface area contributed by atoms with E-state index in [1.807, 2.05) is 0 Å². The number of nitriles is 2. The number of hydrogen-bond acceptors (Lipinski definition) is 7. The molecule has 7 nitrogen and oxygen atoms in total. The smallest absolute Gasteiger partial charge is 0.344 e. The summed E-state index contributed by atoms with van der Waals surface area (Å²) < 4.78 is 65.4. The number of ether oxygens (including phenoxy) is 4. The third-order valence-electron chi connectivity index (χ3n) is 5.02. The lowest BCUT2D eigenvalue weighted by molar-refractivity contribution is -0.203. The van der Waals surface area contributed by atoms with E-state index in [0.29, 0.717) is 5.56 Å². The van der Waals surface area contributed by atoms with Crippen LogP contribution < -0.4 is 4.74 Å². The molecule has 0 saturated heterocycles. The van der Waals surface area contributed by atoms with Gasteiger partial charge in [0, 0.05) is 12.7 Å². The summed E-state index contributed by atoms with van der Waals surface area (Å²) in [5.74, 6) is -7.84. The second kappa shape index (κ2) is 11.4. The van der Waals surface area contributed by atoms with Crippen LogP contribution in [0, 0.1) is 40.1 Å². The van der Waals surface area contributed by atoms with Crippen molar-refractivity contribution in [1.29, 1.82) is 10.5 Å². The van der Waals surface area contributed by atoms with Gasteiger partial charge in [-0.2, -0.15) is 14.9 Å². The van der Waals surface area contributed by atoms with E-state index in [2.05, 4.69) is 0 Å². The van der Waals surface area contributed by atoms with Crippen LogP contribution in [0.15, 0.2) is 48.5 Å². The normalized spacial score (nSPS) is 12.2. The maximum absolute atomic E-state index is 15.1. The zero-order valence-electron chi connectivity index (χ0n) is 19.3. The Morgan fingerprint density at radius 3 is 2.08 bits per heavy atom. The highest BCUT2D eigenvalue weighted by Crippen LogP contribution is 2.40. The van der Waals surface area contributed by atoms with Gasteiger partial charge in [-0.1, -0.05) is 42.5 Å². The number of hydrogen-bond donors (Lipinski definition) is 0. The lowest BCUT2D eigenvalue weighted by Gasteiger charge is -2.20. The molecule has 0 aliphatic rings. The van der Waals surface area contributed by atoms with E-state index in [1.54, 1.807) is 37.3 Å². The molecule has 10 heteroatoms. The van der Waals surface area contributed by atoms with Crippen LogP contribution in [0.1, 0.15) is 35.3 Å². The summed E-state index contributed by atoms with van der Waals surface area (Å²) in [6.07, 6.45) is -1.78. The number of benzene rings is 3. The number of rotatable bonds is 8. The van der Waals surface area contributed by atoms with Crippen LogP contribution in [-0.4, -0.2) is 25.7 Å². The highest BCUT2D eigenvalue weighted by molar-refractivity contribution is 5.96. The Bertz CT molecular complexity index is 1370. The van der Waals surface area contributed by atoms with Crippen LogP contribution in [0.5, 0.6) is 11.5 Å². The van der Waals surface area contributed by atoms with Crippen molar-refractivity contribution in [2.45, 2.75) is 26.4 Å². The molecule has 0 aliphatic heterocycles. The van der Waals surface area contributed by atoms with Crippen LogP contribution >= 0.6 is 0 Å². The molecule has 0 amide bonds. The quantitative estimate of drug-likeness (QED) is 0.220.